The Bertz CT molecular complexity index is 1460. The average Bonchev–Trinajstić information content (AvgIpc) is 3.37. The van der Waals surface area contributed by atoms with Crippen molar-refractivity contribution in [2.75, 3.05) is 13.2 Å². The normalized spacial score (nSPS) is 12.9. The Morgan fingerprint density at radius 2 is 0.577 bits per heavy atom. The van der Waals surface area contributed by atoms with Crippen molar-refractivity contribution in [3.8, 4) is 0 Å². The summed E-state index contributed by atoms with van der Waals surface area (Å²) in [5.74, 6) is -1.04. The number of ether oxygens (including phenoxy) is 3. The Kier molecular flexibility index (Phi) is 55.4. The molecule has 404 valence electrons. The van der Waals surface area contributed by atoms with Gasteiger partial charge in [-0.3, -0.25) is 14.4 Å². The van der Waals surface area contributed by atoms with Gasteiger partial charge in [0.25, 0.3) is 0 Å². The second-order valence-corrected chi connectivity index (χ2v) is 19.2. The summed E-state index contributed by atoms with van der Waals surface area (Å²) in [7, 11) is 0. The monoisotopic (exact) mass is 985 g/mol. The summed E-state index contributed by atoms with van der Waals surface area (Å²) < 4.78 is 16.8. The van der Waals surface area contributed by atoms with Crippen molar-refractivity contribution >= 4 is 17.9 Å². The van der Waals surface area contributed by atoms with Crippen LogP contribution in [0, 0.1) is 0 Å². The highest BCUT2D eigenvalue weighted by Gasteiger charge is 2.19. The minimum Gasteiger partial charge on any atom is -0.462 e. The largest absolute Gasteiger partial charge is 0.462 e. The van der Waals surface area contributed by atoms with Gasteiger partial charge in [0, 0.05) is 19.3 Å². The fraction of sp³-hybridized carbons (Fsp3) is 0.677. The van der Waals surface area contributed by atoms with Crippen molar-refractivity contribution < 1.29 is 28.6 Å². The van der Waals surface area contributed by atoms with Gasteiger partial charge in [-0.15, -0.1) is 0 Å². The molecule has 0 aromatic heterocycles. The van der Waals surface area contributed by atoms with Gasteiger partial charge in [-0.2, -0.15) is 0 Å². The maximum absolute atomic E-state index is 12.8. The van der Waals surface area contributed by atoms with Crippen LogP contribution in [0.15, 0.2) is 109 Å². The predicted molar refractivity (Wildman–Crippen MR) is 307 cm³/mol. The van der Waals surface area contributed by atoms with E-state index in [4.69, 9.17) is 14.2 Å². The fourth-order valence-electron chi connectivity index (χ4n) is 7.89. The van der Waals surface area contributed by atoms with Gasteiger partial charge in [-0.05, 0) is 96.3 Å². The molecule has 0 heterocycles. The molecule has 0 saturated carbocycles. The Morgan fingerprint density at radius 3 is 0.944 bits per heavy atom. The smallest absolute Gasteiger partial charge is 0.306 e. The zero-order chi connectivity index (χ0) is 51.4. The molecule has 0 aliphatic rings. The van der Waals surface area contributed by atoms with Crippen LogP contribution in [-0.2, 0) is 28.6 Å². The first kappa shape index (κ1) is 67.1. The number of unbranched alkanes of at least 4 members (excludes halogenated alkanes) is 23. The molecule has 0 aliphatic heterocycles. The molecule has 0 rings (SSSR count). The zero-order valence-corrected chi connectivity index (χ0v) is 46.2. The number of esters is 3. The molecule has 0 bridgehead atoms. The second-order valence-electron chi connectivity index (χ2n) is 19.2. The number of allylic oxidation sites excluding steroid dienone is 18. The lowest BCUT2D eigenvalue weighted by molar-refractivity contribution is -0.166. The van der Waals surface area contributed by atoms with Crippen LogP contribution >= 0.6 is 0 Å². The molecule has 0 unspecified atom stereocenters. The summed E-state index contributed by atoms with van der Waals surface area (Å²) in [4.78, 5) is 38.1. The van der Waals surface area contributed by atoms with Crippen LogP contribution in [0.5, 0.6) is 0 Å². The Labute approximate surface area is 438 Å². The third kappa shape index (κ3) is 56.9. The molecule has 1 atom stereocenters. The number of hydrogen-bond donors (Lipinski definition) is 0. The van der Waals surface area contributed by atoms with Crippen LogP contribution in [0.2, 0.25) is 0 Å². The molecule has 0 N–H and O–H groups in total. The van der Waals surface area contributed by atoms with E-state index < -0.39 is 12.1 Å². The van der Waals surface area contributed by atoms with Gasteiger partial charge in [-0.25, -0.2) is 0 Å². The summed E-state index contributed by atoms with van der Waals surface area (Å²) >= 11 is 0. The standard InChI is InChI=1S/C65H108O6/c1-4-7-10-13-16-19-22-25-28-30-32-34-37-40-43-46-49-52-55-58-64(67)70-61-62(60-69-63(66)57-54-51-48-45-42-39-36-27-24-21-18-15-12-9-6-3)71-65(68)59-56-53-50-47-44-41-38-35-33-31-29-26-23-20-17-14-11-8-5-2/h9,12,17-18,20-21,26-27,29,33,35-36,41-42,44-45,50,53,62H,4-8,10-11,13-16,19,22-25,28,30-32,34,37-40,43,46-49,51-52,54-61H2,1-3H3/b12-9-,20-17-,21-18-,29-26-,35-33-,36-27-,44-41-,45-42-,53-50-/t62-/m1/s1. The number of rotatable bonds is 52. The number of hydrogen-bond acceptors (Lipinski definition) is 6. The first-order chi connectivity index (χ1) is 35.0. The van der Waals surface area contributed by atoms with E-state index in [2.05, 4.69) is 124 Å². The first-order valence-corrected chi connectivity index (χ1v) is 29.4. The van der Waals surface area contributed by atoms with Gasteiger partial charge in [0.1, 0.15) is 13.2 Å². The Morgan fingerprint density at radius 1 is 0.296 bits per heavy atom. The summed E-state index contributed by atoms with van der Waals surface area (Å²) in [5, 5.41) is 0. The van der Waals surface area contributed by atoms with Gasteiger partial charge in [0.15, 0.2) is 6.10 Å². The molecule has 0 aromatic rings. The molecule has 0 aromatic carbocycles. The Hall–Kier alpha value is -3.93. The molecule has 6 heteroatoms. The van der Waals surface area contributed by atoms with Crippen LogP contribution in [0.3, 0.4) is 0 Å². The minimum absolute atomic E-state index is 0.120. The van der Waals surface area contributed by atoms with Crippen molar-refractivity contribution in [1.29, 1.82) is 0 Å². The summed E-state index contributed by atoms with van der Waals surface area (Å²) in [5.41, 5.74) is 0. The van der Waals surface area contributed by atoms with Crippen LogP contribution in [0.25, 0.3) is 0 Å². The molecule has 0 fully saturated rings. The zero-order valence-electron chi connectivity index (χ0n) is 46.2. The molecule has 0 radical (unpaired) electrons. The molecule has 71 heavy (non-hydrogen) atoms. The molecule has 0 amide bonds. The van der Waals surface area contributed by atoms with Crippen molar-refractivity contribution in [2.45, 2.75) is 271 Å². The summed E-state index contributed by atoms with van der Waals surface area (Å²) in [6.07, 6.45) is 79.6. The van der Waals surface area contributed by atoms with E-state index in [1.54, 1.807) is 0 Å². The van der Waals surface area contributed by atoms with Crippen LogP contribution < -0.4 is 0 Å². The van der Waals surface area contributed by atoms with Crippen molar-refractivity contribution in [3.05, 3.63) is 109 Å². The van der Waals surface area contributed by atoms with Gasteiger partial charge in [-0.1, -0.05) is 259 Å². The van der Waals surface area contributed by atoms with Crippen LogP contribution in [-0.4, -0.2) is 37.2 Å². The minimum atomic E-state index is -0.836. The van der Waals surface area contributed by atoms with Gasteiger partial charge < -0.3 is 14.2 Å². The average molecular weight is 986 g/mol. The lowest BCUT2D eigenvalue weighted by Crippen LogP contribution is -2.30. The molecule has 6 nitrogen and oxygen atoms in total. The highest BCUT2D eigenvalue weighted by molar-refractivity contribution is 5.71. The van der Waals surface area contributed by atoms with Gasteiger partial charge in [0.05, 0.1) is 0 Å². The van der Waals surface area contributed by atoms with E-state index in [-0.39, 0.29) is 38.0 Å². The number of carbonyl (C=O) groups is 3. The molecular weight excluding hydrogens is 877 g/mol. The van der Waals surface area contributed by atoms with E-state index in [1.807, 2.05) is 6.08 Å². The highest BCUT2D eigenvalue weighted by Crippen LogP contribution is 2.16. The molecular formula is C65H108O6. The van der Waals surface area contributed by atoms with E-state index in [1.165, 1.54) is 128 Å². The van der Waals surface area contributed by atoms with Gasteiger partial charge in [0.2, 0.25) is 0 Å². The third-order valence-electron chi connectivity index (χ3n) is 12.3. The predicted octanol–water partition coefficient (Wildman–Crippen LogP) is 19.9. The lowest BCUT2D eigenvalue weighted by atomic mass is 10.0. The second kappa shape index (κ2) is 58.6. The maximum atomic E-state index is 12.8. The topological polar surface area (TPSA) is 78.9 Å². The molecule has 0 aliphatic carbocycles. The van der Waals surface area contributed by atoms with Crippen molar-refractivity contribution in [1.82, 2.24) is 0 Å². The summed E-state index contributed by atoms with van der Waals surface area (Å²) in [6.45, 7) is 6.41. The van der Waals surface area contributed by atoms with E-state index in [0.29, 0.717) is 19.3 Å². The van der Waals surface area contributed by atoms with Crippen LogP contribution in [0.4, 0.5) is 0 Å². The lowest BCUT2D eigenvalue weighted by Gasteiger charge is -2.18. The van der Waals surface area contributed by atoms with Gasteiger partial charge >= 0.3 is 17.9 Å². The molecule has 0 spiro atoms. The van der Waals surface area contributed by atoms with E-state index in [9.17, 15) is 14.4 Å². The van der Waals surface area contributed by atoms with E-state index >= 15 is 0 Å². The highest BCUT2D eigenvalue weighted by atomic mass is 16.6. The fourth-order valence-corrected chi connectivity index (χ4v) is 7.89. The summed E-state index contributed by atoms with van der Waals surface area (Å²) in [6, 6.07) is 0. The quantitative estimate of drug-likeness (QED) is 0.0261. The SMILES string of the molecule is CC/C=C\C/C=C\C/C=C\C/C=C\CCCCC(=O)OC[C@H](COC(=O)CCCCCCCCCCCCCCCCCCCCC)OC(=O)CC/C=C\C/C=C\C/C=C\C/C=C\C/C=C\CCCCC. The van der Waals surface area contributed by atoms with Crippen molar-refractivity contribution in [2.24, 2.45) is 0 Å². The number of carbonyl (C=O) groups excluding carboxylic acids is 3. The van der Waals surface area contributed by atoms with Crippen LogP contribution in [0.1, 0.15) is 265 Å². The maximum Gasteiger partial charge on any atom is 0.306 e. The van der Waals surface area contributed by atoms with E-state index in [0.717, 1.165) is 83.5 Å². The molecule has 0 saturated heterocycles. The first-order valence-electron chi connectivity index (χ1n) is 29.4. The van der Waals surface area contributed by atoms with Crippen molar-refractivity contribution in [3.63, 3.8) is 0 Å². The third-order valence-corrected chi connectivity index (χ3v) is 12.3. The Balaban J connectivity index is 4.53.